The quantitative estimate of drug-likeness (QED) is 0.394. The van der Waals surface area contributed by atoms with Crippen molar-refractivity contribution in [1.29, 1.82) is 5.26 Å². The van der Waals surface area contributed by atoms with Crippen LogP contribution in [0.1, 0.15) is 59.7 Å². The van der Waals surface area contributed by atoms with Crippen molar-refractivity contribution in [3.8, 4) is 17.2 Å². The van der Waals surface area contributed by atoms with E-state index < -0.39 is 6.04 Å². The Morgan fingerprint density at radius 3 is 2.54 bits per heavy atom. The summed E-state index contributed by atoms with van der Waals surface area (Å²) in [5.74, 6) is -0.198. The molecule has 1 aliphatic carbocycles. The fourth-order valence-corrected chi connectivity index (χ4v) is 4.85. The van der Waals surface area contributed by atoms with Crippen LogP contribution in [0.2, 0.25) is 0 Å². The van der Waals surface area contributed by atoms with Gasteiger partial charge in [-0.2, -0.15) is 5.26 Å². The normalized spacial score (nSPS) is 15.6. The molecule has 3 aromatic rings. The van der Waals surface area contributed by atoms with E-state index in [0.29, 0.717) is 18.0 Å². The maximum atomic E-state index is 12.7. The van der Waals surface area contributed by atoms with Crippen LogP contribution in [0.3, 0.4) is 0 Å². The van der Waals surface area contributed by atoms with Crippen molar-refractivity contribution in [1.82, 2.24) is 10.6 Å². The van der Waals surface area contributed by atoms with E-state index in [-0.39, 0.29) is 5.91 Å². The second-order valence-electron chi connectivity index (χ2n) is 9.49. The van der Waals surface area contributed by atoms with Crippen LogP contribution in [-0.4, -0.2) is 24.5 Å². The maximum Gasteiger partial charge on any atom is 0.252 e. The molecule has 4 heteroatoms. The highest BCUT2D eigenvalue weighted by molar-refractivity contribution is 5.95. The molecule has 0 fully saturated rings. The monoisotopic (exact) mass is 465 g/mol. The van der Waals surface area contributed by atoms with Crippen LogP contribution in [-0.2, 0) is 19.3 Å². The SMILES string of the molecule is CCCN[C@H]1CCc2cc(CCCC(C#N)NC(=O)c3ccc(-c4ccccc4)cc3)ccc2C1. The summed E-state index contributed by atoms with van der Waals surface area (Å²) in [5, 5.41) is 16.1. The van der Waals surface area contributed by atoms with E-state index in [2.05, 4.69) is 41.8 Å². The summed E-state index contributed by atoms with van der Waals surface area (Å²) in [5.41, 5.74) is 7.02. The second-order valence-corrected chi connectivity index (χ2v) is 9.49. The molecule has 180 valence electrons. The van der Waals surface area contributed by atoms with E-state index in [1.165, 1.54) is 29.5 Å². The van der Waals surface area contributed by atoms with Gasteiger partial charge in [0.05, 0.1) is 6.07 Å². The molecule has 0 spiro atoms. The number of nitrogens with one attached hydrogen (secondary N) is 2. The number of hydrogen-bond acceptors (Lipinski definition) is 3. The van der Waals surface area contributed by atoms with Crippen LogP contribution < -0.4 is 10.6 Å². The Kier molecular flexibility index (Phi) is 8.70. The highest BCUT2D eigenvalue weighted by Crippen LogP contribution is 2.24. The number of carbonyl (C=O) groups is 1. The van der Waals surface area contributed by atoms with Crippen molar-refractivity contribution in [3.63, 3.8) is 0 Å². The minimum Gasteiger partial charge on any atom is -0.336 e. The maximum absolute atomic E-state index is 12.7. The topological polar surface area (TPSA) is 64.9 Å². The van der Waals surface area contributed by atoms with Gasteiger partial charge in [-0.3, -0.25) is 4.79 Å². The minimum absolute atomic E-state index is 0.198. The van der Waals surface area contributed by atoms with E-state index in [9.17, 15) is 10.1 Å². The Balaban J connectivity index is 1.26. The average Bonchev–Trinajstić information content (AvgIpc) is 2.91. The Morgan fingerprint density at radius 1 is 1.03 bits per heavy atom. The fourth-order valence-electron chi connectivity index (χ4n) is 4.85. The zero-order chi connectivity index (χ0) is 24.5. The summed E-state index contributed by atoms with van der Waals surface area (Å²) in [4.78, 5) is 12.7. The minimum atomic E-state index is -0.487. The van der Waals surface area contributed by atoms with Crippen molar-refractivity contribution in [2.75, 3.05) is 6.54 Å². The molecule has 35 heavy (non-hydrogen) atoms. The van der Waals surface area contributed by atoms with Crippen LogP contribution >= 0.6 is 0 Å². The fraction of sp³-hybridized carbons (Fsp3) is 0.355. The summed E-state index contributed by atoms with van der Waals surface area (Å²) >= 11 is 0. The molecule has 1 amide bonds. The number of benzene rings is 3. The third kappa shape index (κ3) is 6.81. The molecule has 0 aromatic heterocycles. The van der Waals surface area contributed by atoms with Crippen molar-refractivity contribution in [2.45, 2.75) is 64.0 Å². The molecule has 2 atom stereocenters. The molecular weight excluding hydrogens is 430 g/mol. The first-order valence-electron chi connectivity index (χ1n) is 12.9. The van der Waals surface area contributed by atoms with Crippen molar-refractivity contribution in [2.24, 2.45) is 0 Å². The largest absolute Gasteiger partial charge is 0.336 e. The van der Waals surface area contributed by atoms with Crippen LogP contribution in [0, 0.1) is 11.3 Å². The number of nitrogens with zero attached hydrogens (tertiary/aromatic N) is 1. The van der Waals surface area contributed by atoms with Gasteiger partial charge in [0.25, 0.3) is 5.91 Å². The number of fused-ring (bicyclic) bond motifs is 1. The summed E-state index contributed by atoms with van der Waals surface area (Å²) in [6, 6.07) is 26.9. The van der Waals surface area contributed by atoms with E-state index in [1.807, 2.05) is 54.6 Å². The van der Waals surface area contributed by atoms with Gasteiger partial charge in [-0.1, -0.05) is 67.6 Å². The lowest BCUT2D eigenvalue weighted by Crippen LogP contribution is -2.35. The highest BCUT2D eigenvalue weighted by atomic mass is 16.1. The molecule has 0 aliphatic heterocycles. The van der Waals surface area contributed by atoms with Crippen LogP contribution in [0.15, 0.2) is 72.8 Å². The molecule has 0 saturated carbocycles. The Hall–Kier alpha value is -3.42. The molecule has 1 unspecified atom stereocenters. The molecule has 4 rings (SSSR count). The number of amides is 1. The molecular formula is C31H35N3O. The molecule has 1 aliphatic rings. The van der Waals surface area contributed by atoms with Gasteiger partial charge in [0.2, 0.25) is 0 Å². The van der Waals surface area contributed by atoms with Crippen LogP contribution in [0.25, 0.3) is 11.1 Å². The van der Waals surface area contributed by atoms with E-state index in [4.69, 9.17) is 0 Å². The number of carbonyl (C=O) groups excluding carboxylic acids is 1. The molecule has 2 N–H and O–H groups in total. The van der Waals surface area contributed by atoms with Crippen LogP contribution in [0.4, 0.5) is 0 Å². The Bertz CT molecular complexity index is 1150. The van der Waals surface area contributed by atoms with Crippen molar-refractivity contribution in [3.05, 3.63) is 95.1 Å². The Labute approximate surface area is 209 Å². The van der Waals surface area contributed by atoms with Gasteiger partial charge in [0.15, 0.2) is 0 Å². The summed E-state index contributed by atoms with van der Waals surface area (Å²) in [6.07, 6.45) is 7.05. The third-order valence-corrected chi connectivity index (χ3v) is 6.86. The lowest BCUT2D eigenvalue weighted by molar-refractivity contribution is 0.0943. The van der Waals surface area contributed by atoms with Gasteiger partial charge in [-0.15, -0.1) is 0 Å². The zero-order valence-electron chi connectivity index (χ0n) is 20.6. The lowest BCUT2D eigenvalue weighted by Gasteiger charge is -2.26. The first kappa shape index (κ1) is 24.7. The first-order valence-corrected chi connectivity index (χ1v) is 12.9. The second kappa shape index (κ2) is 12.3. The van der Waals surface area contributed by atoms with Crippen molar-refractivity contribution >= 4 is 5.91 Å². The molecule has 0 radical (unpaired) electrons. The predicted molar refractivity (Wildman–Crippen MR) is 142 cm³/mol. The van der Waals surface area contributed by atoms with E-state index >= 15 is 0 Å². The van der Waals surface area contributed by atoms with E-state index in [0.717, 1.165) is 43.4 Å². The molecule has 0 heterocycles. The number of aryl methyl sites for hydroxylation is 2. The smallest absolute Gasteiger partial charge is 0.252 e. The summed E-state index contributed by atoms with van der Waals surface area (Å²) in [7, 11) is 0. The predicted octanol–water partition coefficient (Wildman–Crippen LogP) is 5.86. The Morgan fingerprint density at radius 2 is 1.80 bits per heavy atom. The van der Waals surface area contributed by atoms with Gasteiger partial charge in [0.1, 0.15) is 6.04 Å². The highest BCUT2D eigenvalue weighted by Gasteiger charge is 2.18. The molecule has 0 bridgehead atoms. The molecule has 0 saturated heterocycles. The van der Waals surface area contributed by atoms with Gasteiger partial charge in [-0.25, -0.2) is 0 Å². The number of rotatable bonds is 10. The summed E-state index contributed by atoms with van der Waals surface area (Å²) < 4.78 is 0. The van der Waals surface area contributed by atoms with Gasteiger partial charge < -0.3 is 10.6 Å². The standard InChI is InChI=1S/C31H35N3O/c1-2-19-33-29-18-17-27-20-23(11-12-28(27)21-29)7-6-10-30(22-32)34-31(35)26-15-13-25(14-16-26)24-8-4-3-5-9-24/h3-5,8-9,11-16,20,29-30,33H,2,6-7,10,17-19,21H2,1H3,(H,34,35)/t29-,30?/m0/s1. The van der Waals surface area contributed by atoms with Gasteiger partial charge >= 0.3 is 0 Å². The van der Waals surface area contributed by atoms with Crippen molar-refractivity contribution < 1.29 is 4.79 Å². The van der Waals surface area contributed by atoms with E-state index in [1.54, 1.807) is 0 Å². The van der Waals surface area contributed by atoms with Gasteiger partial charge in [-0.05, 0) is 91.4 Å². The zero-order valence-corrected chi connectivity index (χ0v) is 20.6. The first-order chi connectivity index (χ1) is 17.2. The summed E-state index contributed by atoms with van der Waals surface area (Å²) in [6.45, 7) is 3.30. The molecule has 3 aromatic carbocycles. The average molecular weight is 466 g/mol. The van der Waals surface area contributed by atoms with Crippen LogP contribution in [0.5, 0.6) is 0 Å². The lowest BCUT2D eigenvalue weighted by atomic mass is 9.86. The third-order valence-electron chi connectivity index (χ3n) is 6.86. The van der Waals surface area contributed by atoms with Gasteiger partial charge in [0, 0.05) is 11.6 Å². The molecule has 4 nitrogen and oxygen atoms in total. The number of hydrogen-bond donors (Lipinski definition) is 2. The number of nitriles is 1.